The number of H-pyrrole nitrogens is 1. The van der Waals surface area contributed by atoms with Crippen molar-refractivity contribution in [1.29, 1.82) is 0 Å². The summed E-state index contributed by atoms with van der Waals surface area (Å²) in [6.07, 6.45) is 8.78. The fraction of sp³-hybridized carbons (Fsp3) is 0. The van der Waals surface area contributed by atoms with E-state index in [1.807, 2.05) is 41.2 Å². The van der Waals surface area contributed by atoms with E-state index in [0.29, 0.717) is 17.2 Å². The van der Waals surface area contributed by atoms with Gasteiger partial charge in [0.05, 0.1) is 0 Å². The molecule has 0 aliphatic heterocycles. The number of aromatic amines is 1. The Morgan fingerprint density at radius 3 is 2.91 bits per heavy atom. The van der Waals surface area contributed by atoms with Crippen molar-refractivity contribution in [2.45, 2.75) is 0 Å². The fourth-order valence-corrected chi connectivity index (χ4v) is 2.23. The lowest BCUT2D eigenvalue weighted by atomic mass is 10.1. The largest absolute Gasteiger partial charge is 0.367 e. The number of carbonyl (C=O) groups is 1. The summed E-state index contributed by atoms with van der Waals surface area (Å²) in [5.41, 5.74) is 3.12. The number of fused-ring (bicyclic) bond motifs is 1. The maximum Gasteiger partial charge on any atom is 0.277 e. The van der Waals surface area contributed by atoms with E-state index in [9.17, 15) is 4.79 Å². The standard InChI is InChI=1S/C15H11N5O2/c21-15(18-13-4-6-22-19-13)12-9-20-8-11(1-2-14(20)17-12)10-3-5-16-7-10/h1-9,16H,(H,18,19,21). The number of rotatable bonds is 3. The number of carbonyl (C=O) groups excluding carboxylic acids is 1. The van der Waals surface area contributed by atoms with E-state index >= 15 is 0 Å². The third kappa shape index (κ3) is 2.14. The van der Waals surface area contributed by atoms with E-state index in [2.05, 4.69) is 25.0 Å². The molecular weight excluding hydrogens is 282 g/mol. The van der Waals surface area contributed by atoms with Crippen LogP contribution < -0.4 is 5.32 Å². The quantitative estimate of drug-likeness (QED) is 0.607. The van der Waals surface area contributed by atoms with Crippen LogP contribution in [-0.2, 0) is 0 Å². The predicted molar refractivity (Wildman–Crippen MR) is 79.4 cm³/mol. The Balaban J connectivity index is 1.67. The molecular formula is C15H11N5O2. The van der Waals surface area contributed by atoms with E-state index in [-0.39, 0.29) is 5.91 Å². The molecule has 0 fully saturated rings. The number of anilines is 1. The van der Waals surface area contributed by atoms with Gasteiger partial charge >= 0.3 is 0 Å². The van der Waals surface area contributed by atoms with E-state index in [1.54, 1.807) is 12.3 Å². The first-order chi connectivity index (χ1) is 10.8. The van der Waals surface area contributed by atoms with Crippen molar-refractivity contribution in [3.05, 3.63) is 61.0 Å². The van der Waals surface area contributed by atoms with Crippen LogP contribution in [0.5, 0.6) is 0 Å². The summed E-state index contributed by atoms with van der Waals surface area (Å²) in [6.45, 7) is 0. The van der Waals surface area contributed by atoms with Crippen LogP contribution in [-0.4, -0.2) is 25.4 Å². The van der Waals surface area contributed by atoms with E-state index in [4.69, 9.17) is 0 Å². The number of hydrogen-bond acceptors (Lipinski definition) is 4. The van der Waals surface area contributed by atoms with Crippen molar-refractivity contribution in [3.8, 4) is 11.1 Å². The number of nitrogens with zero attached hydrogens (tertiary/aromatic N) is 3. The second-order valence-electron chi connectivity index (χ2n) is 4.75. The monoisotopic (exact) mass is 293 g/mol. The smallest absolute Gasteiger partial charge is 0.277 e. The zero-order valence-corrected chi connectivity index (χ0v) is 11.4. The number of hydrogen-bond donors (Lipinski definition) is 2. The van der Waals surface area contributed by atoms with Gasteiger partial charge in [-0.25, -0.2) is 4.98 Å². The summed E-state index contributed by atoms with van der Waals surface area (Å²) in [7, 11) is 0. The number of pyridine rings is 1. The molecule has 4 aromatic heterocycles. The van der Waals surface area contributed by atoms with Gasteiger partial charge in [-0.2, -0.15) is 0 Å². The summed E-state index contributed by atoms with van der Waals surface area (Å²) < 4.78 is 6.49. The van der Waals surface area contributed by atoms with Crippen LogP contribution in [0.2, 0.25) is 0 Å². The number of aromatic nitrogens is 4. The van der Waals surface area contributed by atoms with E-state index in [1.165, 1.54) is 6.26 Å². The Labute approximate surface area is 124 Å². The molecule has 2 N–H and O–H groups in total. The van der Waals surface area contributed by atoms with Gasteiger partial charge in [-0.05, 0) is 23.8 Å². The molecule has 7 nitrogen and oxygen atoms in total. The molecule has 0 aliphatic carbocycles. The third-order valence-corrected chi connectivity index (χ3v) is 3.29. The van der Waals surface area contributed by atoms with E-state index in [0.717, 1.165) is 11.1 Å². The Morgan fingerprint density at radius 1 is 1.18 bits per heavy atom. The molecule has 4 heterocycles. The zero-order valence-electron chi connectivity index (χ0n) is 11.4. The van der Waals surface area contributed by atoms with Crippen molar-refractivity contribution >= 4 is 17.4 Å². The van der Waals surface area contributed by atoms with Gasteiger partial charge in [0.15, 0.2) is 5.82 Å². The maximum absolute atomic E-state index is 12.1. The molecule has 0 spiro atoms. The van der Waals surface area contributed by atoms with Crippen LogP contribution in [0.4, 0.5) is 5.82 Å². The molecule has 108 valence electrons. The SMILES string of the molecule is O=C(Nc1ccon1)c1cn2cc(-c3cc[nH]c3)ccc2n1. The second kappa shape index (κ2) is 4.88. The molecule has 4 rings (SSSR count). The van der Waals surface area contributed by atoms with Gasteiger partial charge in [-0.3, -0.25) is 4.79 Å². The molecule has 0 radical (unpaired) electrons. The first kappa shape index (κ1) is 12.4. The Morgan fingerprint density at radius 2 is 2.14 bits per heavy atom. The first-order valence-electron chi connectivity index (χ1n) is 6.63. The molecule has 0 saturated carbocycles. The Kier molecular flexibility index (Phi) is 2.75. The van der Waals surface area contributed by atoms with Crippen molar-refractivity contribution in [2.24, 2.45) is 0 Å². The van der Waals surface area contributed by atoms with Crippen molar-refractivity contribution in [2.75, 3.05) is 5.32 Å². The molecule has 7 heteroatoms. The highest BCUT2D eigenvalue weighted by molar-refractivity contribution is 6.02. The van der Waals surface area contributed by atoms with E-state index < -0.39 is 0 Å². The molecule has 0 bridgehead atoms. The average molecular weight is 293 g/mol. The van der Waals surface area contributed by atoms with Crippen molar-refractivity contribution in [3.63, 3.8) is 0 Å². The average Bonchev–Trinajstić information content (AvgIpc) is 3.27. The minimum atomic E-state index is -0.333. The fourth-order valence-electron chi connectivity index (χ4n) is 2.23. The van der Waals surface area contributed by atoms with Gasteiger partial charge in [0.2, 0.25) is 0 Å². The second-order valence-corrected chi connectivity index (χ2v) is 4.75. The lowest BCUT2D eigenvalue weighted by Gasteiger charge is -1.98. The zero-order chi connectivity index (χ0) is 14.9. The highest BCUT2D eigenvalue weighted by Gasteiger charge is 2.12. The Hall–Kier alpha value is -3.35. The lowest BCUT2D eigenvalue weighted by molar-refractivity contribution is 0.102. The summed E-state index contributed by atoms with van der Waals surface area (Å²) in [5, 5.41) is 6.26. The van der Waals surface area contributed by atoms with Crippen LogP contribution in [0, 0.1) is 0 Å². The molecule has 4 aromatic rings. The summed E-state index contributed by atoms with van der Waals surface area (Å²) in [6, 6.07) is 7.38. The van der Waals surface area contributed by atoms with Gasteiger partial charge in [-0.1, -0.05) is 5.16 Å². The summed E-state index contributed by atoms with van der Waals surface area (Å²) >= 11 is 0. The van der Waals surface area contributed by atoms with Gasteiger partial charge in [-0.15, -0.1) is 0 Å². The molecule has 1 amide bonds. The lowest BCUT2D eigenvalue weighted by Crippen LogP contribution is -2.12. The number of amides is 1. The highest BCUT2D eigenvalue weighted by Crippen LogP contribution is 2.19. The molecule has 0 unspecified atom stereocenters. The van der Waals surface area contributed by atoms with Crippen LogP contribution >= 0.6 is 0 Å². The third-order valence-electron chi connectivity index (χ3n) is 3.29. The number of nitrogens with one attached hydrogen (secondary N) is 2. The predicted octanol–water partition coefficient (Wildman–Crippen LogP) is 2.57. The normalized spacial score (nSPS) is 10.9. The first-order valence-corrected chi connectivity index (χ1v) is 6.63. The number of imidazole rings is 1. The van der Waals surface area contributed by atoms with Gasteiger partial charge < -0.3 is 19.2 Å². The van der Waals surface area contributed by atoms with Gasteiger partial charge in [0.1, 0.15) is 17.6 Å². The van der Waals surface area contributed by atoms with Crippen molar-refractivity contribution in [1.82, 2.24) is 19.5 Å². The van der Waals surface area contributed by atoms with Crippen LogP contribution in [0.1, 0.15) is 10.5 Å². The molecule has 0 saturated heterocycles. The van der Waals surface area contributed by atoms with Crippen LogP contribution in [0.25, 0.3) is 16.8 Å². The maximum atomic E-state index is 12.1. The molecule has 0 atom stereocenters. The van der Waals surface area contributed by atoms with Crippen LogP contribution in [0.3, 0.4) is 0 Å². The van der Waals surface area contributed by atoms with Crippen molar-refractivity contribution < 1.29 is 9.32 Å². The Bertz CT molecular complexity index is 922. The van der Waals surface area contributed by atoms with Gasteiger partial charge in [0.25, 0.3) is 5.91 Å². The molecule has 0 aliphatic rings. The minimum absolute atomic E-state index is 0.314. The van der Waals surface area contributed by atoms with Crippen LogP contribution in [0.15, 0.2) is 59.8 Å². The summed E-state index contributed by atoms with van der Waals surface area (Å²) in [5.74, 6) is 0.0239. The topological polar surface area (TPSA) is 88.2 Å². The highest BCUT2D eigenvalue weighted by atomic mass is 16.5. The van der Waals surface area contributed by atoms with Gasteiger partial charge in [0, 0.05) is 36.4 Å². The minimum Gasteiger partial charge on any atom is -0.367 e. The molecule has 22 heavy (non-hydrogen) atoms. The molecule has 0 aromatic carbocycles. The summed E-state index contributed by atoms with van der Waals surface area (Å²) in [4.78, 5) is 19.4.